The Labute approximate surface area is 135 Å². The van der Waals surface area contributed by atoms with Crippen LogP contribution in [0.5, 0.6) is 0 Å². The lowest BCUT2D eigenvalue weighted by Gasteiger charge is -2.20. The molecule has 0 aliphatic heterocycles. The van der Waals surface area contributed by atoms with Gasteiger partial charge >= 0.3 is 6.03 Å². The average molecular weight is 345 g/mol. The fraction of sp³-hybridized carbons (Fsp3) is 0.714. The topological polar surface area (TPSA) is 79.4 Å². The molecule has 0 saturated carbocycles. The minimum absolute atomic E-state index is 0.0252. The van der Waals surface area contributed by atoms with E-state index in [2.05, 4.69) is 10.3 Å². The van der Waals surface area contributed by atoms with E-state index in [0.29, 0.717) is 11.7 Å². The van der Waals surface area contributed by atoms with Crippen LogP contribution in [-0.2, 0) is 22.7 Å². The molecule has 2 rings (SSSR count). The third-order valence-corrected chi connectivity index (χ3v) is 5.71. The van der Waals surface area contributed by atoms with Crippen LogP contribution in [-0.4, -0.2) is 49.4 Å². The molecule has 0 radical (unpaired) electrons. The van der Waals surface area contributed by atoms with Gasteiger partial charge in [-0.2, -0.15) is 0 Å². The van der Waals surface area contributed by atoms with Gasteiger partial charge in [-0.1, -0.05) is 6.42 Å². The van der Waals surface area contributed by atoms with Gasteiger partial charge in [0.25, 0.3) is 0 Å². The molecule has 1 aliphatic rings. The summed E-state index contributed by atoms with van der Waals surface area (Å²) in [5.41, 5.74) is 1.11. The van der Waals surface area contributed by atoms with Gasteiger partial charge in [0.15, 0.2) is 5.13 Å². The molecule has 1 aliphatic carbocycles. The van der Waals surface area contributed by atoms with Gasteiger partial charge in [0, 0.05) is 24.2 Å². The van der Waals surface area contributed by atoms with E-state index in [-0.39, 0.29) is 18.3 Å². The number of aromatic nitrogens is 1. The zero-order chi connectivity index (χ0) is 16.2. The van der Waals surface area contributed by atoms with Gasteiger partial charge in [-0.3, -0.25) is 5.32 Å². The van der Waals surface area contributed by atoms with Crippen LogP contribution in [0.4, 0.5) is 9.93 Å². The second kappa shape index (κ2) is 7.41. The SMILES string of the molecule is CCN(CCS(C)(=O)=O)C(=O)Nc1nc2c(s1)CCCCC2. The van der Waals surface area contributed by atoms with Crippen molar-refractivity contribution in [2.75, 3.05) is 30.4 Å². The number of sulfone groups is 1. The highest BCUT2D eigenvalue weighted by molar-refractivity contribution is 7.90. The van der Waals surface area contributed by atoms with E-state index in [1.807, 2.05) is 6.92 Å². The minimum atomic E-state index is -3.08. The van der Waals surface area contributed by atoms with Crippen molar-refractivity contribution in [2.45, 2.75) is 39.0 Å². The molecule has 124 valence electrons. The first-order chi connectivity index (χ1) is 10.4. The van der Waals surface area contributed by atoms with Crippen LogP contribution in [0.1, 0.15) is 36.8 Å². The number of amides is 2. The standard InChI is InChI=1S/C14H23N3O3S2/c1-3-17(9-10-22(2,19)20)14(18)16-13-15-11-7-5-4-6-8-12(11)21-13/h3-10H2,1-2H3,(H,15,16,18). The first-order valence-corrected chi connectivity index (χ1v) is 10.5. The Bertz CT molecular complexity index is 602. The number of hydrogen-bond donors (Lipinski definition) is 1. The van der Waals surface area contributed by atoms with Crippen LogP contribution in [0.2, 0.25) is 0 Å². The lowest BCUT2D eigenvalue weighted by Crippen LogP contribution is -2.38. The predicted octanol–water partition coefficient (Wildman–Crippen LogP) is 2.31. The molecule has 1 heterocycles. The second-order valence-corrected chi connectivity index (χ2v) is 8.93. The Balaban J connectivity index is 1.98. The van der Waals surface area contributed by atoms with Crippen molar-refractivity contribution < 1.29 is 13.2 Å². The van der Waals surface area contributed by atoms with Crippen molar-refractivity contribution in [1.29, 1.82) is 0 Å². The molecule has 0 fully saturated rings. The molecule has 8 heteroatoms. The van der Waals surface area contributed by atoms with Crippen molar-refractivity contribution in [2.24, 2.45) is 0 Å². The largest absolute Gasteiger partial charge is 0.324 e. The summed E-state index contributed by atoms with van der Waals surface area (Å²) in [6.45, 7) is 2.50. The highest BCUT2D eigenvalue weighted by atomic mass is 32.2. The van der Waals surface area contributed by atoms with Crippen LogP contribution in [0, 0.1) is 0 Å². The molecule has 0 unspecified atom stereocenters. The highest BCUT2D eigenvalue weighted by Gasteiger charge is 2.18. The van der Waals surface area contributed by atoms with Crippen LogP contribution < -0.4 is 5.32 Å². The van der Waals surface area contributed by atoms with Gasteiger partial charge in [0.1, 0.15) is 9.84 Å². The van der Waals surface area contributed by atoms with Gasteiger partial charge < -0.3 is 4.90 Å². The molecule has 0 spiro atoms. The number of carbonyl (C=O) groups excluding carboxylic acids is 1. The summed E-state index contributed by atoms with van der Waals surface area (Å²) in [6.07, 6.45) is 6.76. The summed E-state index contributed by atoms with van der Waals surface area (Å²) < 4.78 is 22.5. The number of urea groups is 1. The monoisotopic (exact) mass is 345 g/mol. The molecule has 1 aromatic heterocycles. The van der Waals surface area contributed by atoms with E-state index in [4.69, 9.17) is 0 Å². The molecule has 2 amide bonds. The molecular weight excluding hydrogens is 322 g/mol. The predicted molar refractivity (Wildman–Crippen MR) is 89.3 cm³/mol. The van der Waals surface area contributed by atoms with E-state index >= 15 is 0 Å². The van der Waals surface area contributed by atoms with Crippen LogP contribution in [0.3, 0.4) is 0 Å². The first kappa shape index (κ1) is 17.2. The summed E-state index contributed by atoms with van der Waals surface area (Å²) in [6, 6.07) is -0.282. The molecule has 0 atom stereocenters. The minimum Gasteiger partial charge on any atom is -0.324 e. The van der Waals surface area contributed by atoms with Gasteiger partial charge in [0.2, 0.25) is 0 Å². The number of nitrogens with one attached hydrogen (secondary N) is 1. The molecule has 0 bridgehead atoms. The zero-order valence-corrected chi connectivity index (χ0v) is 14.7. The lowest BCUT2D eigenvalue weighted by atomic mass is 10.2. The summed E-state index contributed by atoms with van der Waals surface area (Å²) in [7, 11) is -3.08. The summed E-state index contributed by atoms with van der Waals surface area (Å²) in [4.78, 5) is 19.5. The maximum atomic E-state index is 12.2. The van der Waals surface area contributed by atoms with Crippen LogP contribution >= 0.6 is 11.3 Å². The number of carbonyl (C=O) groups is 1. The van der Waals surface area contributed by atoms with Crippen molar-refractivity contribution >= 4 is 32.3 Å². The maximum absolute atomic E-state index is 12.2. The normalized spacial score (nSPS) is 15.0. The molecule has 6 nitrogen and oxygen atoms in total. The molecule has 22 heavy (non-hydrogen) atoms. The third-order valence-electron chi connectivity index (χ3n) is 3.71. The Morgan fingerprint density at radius 1 is 1.32 bits per heavy atom. The fourth-order valence-corrected chi connectivity index (χ4v) is 4.02. The number of fused-ring (bicyclic) bond motifs is 1. The van der Waals surface area contributed by atoms with Crippen LogP contribution in [0.25, 0.3) is 0 Å². The van der Waals surface area contributed by atoms with E-state index in [9.17, 15) is 13.2 Å². The number of anilines is 1. The third kappa shape index (κ3) is 4.95. The van der Waals surface area contributed by atoms with E-state index in [1.54, 1.807) is 11.3 Å². The van der Waals surface area contributed by atoms with E-state index in [0.717, 1.165) is 25.0 Å². The first-order valence-electron chi connectivity index (χ1n) is 7.61. The lowest BCUT2D eigenvalue weighted by molar-refractivity contribution is 0.217. The number of thiazole rings is 1. The molecule has 1 aromatic rings. The Morgan fingerprint density at radius 3 is 2.73 bits per heavy atom. The molecule has 0 saturated heterocycles. The number of rotatable bonds is 5. The average Bonchev–Trinajstić information content (AvgIpc) is 2.67. The molecule has 1 N–H and O–H groups in total. The van der Waals surface area contributed by atoms with E-state index < -0.39 is 9.84 Å². The van der Waals surface area contributed by atoms with Gasteiger partial charge in [-0.25, -0.2) is 18.2 Å². The second-order valence-electron chi connectivity index (χ2n) is 5.59. The van der Waals surface area contributed by atoms with Crippen LogP contribution in [0.15, 0.2) is 0 Å². The Kier molecular flexibility index (Phi) is 5.80. The van der Waals surface area contributed by atoms with Crippen molar-refractivity contribution in [3.8, 4) is 0 Å². The smallest absolute Gasteiger partial charge is 0.323 e. The zero-order valence-electron chi connectivity index (χ0n) is 13.1. The Morgan fingerprint density at radius 2 is 2.05 bits per heavy atom. The fourth-order valence-electron chi connectivity index (χ4n) is 2.43. The number of hydrogen-bond acceptors (Lipinski definition) is 5. The Hall–Kier alpha value is -1.15. The van der Waals surface area contributed by atoms with Crippen molar-refractivity contribution in [3.63, 3.8) is 0 Å². The van der Waals surface area contributed by atoms with Gasteiger partial charge in [-0.05, 0) is 32.6 Å². The number of aryl methyl sites for hydroxylation is 2. The van der Waals surface area contributed by atoms with E-state index in [1.165, 1.54) is 28.9 Å². The molecule has 0 aromatic carbocycles. The summed E-state index contributed by atoms with van der Waals surface area (Å²) in [5, 5.41) is 3.43. The molecular formula is C14H23N3O3S2. The summed E-state index contributed by atoms with van der Waals surface area (Å²) >= 11 is 1.54. The quantitative estimate of drug-likeness (QED) is 0.831. The van der Waals surface area contributed by atoms with Gasteiger partial charge in [-0.15, -0.1) is 11.3 Å². The van der Waals surface area contributed by atoms with Crippen molar-refractivity contribution in [3.05, 3.63) is 10.6 Å². The summed E-state index contributed by atoms with van der Waals surface area (Å²) in [5.74, 6) is -0.0252. The highest BCUT2D eigenvalue weighted by Crippen LogP contribution is 2.29. The maximum Gasteiger partial charge on any atom is 0.323 e. The van der Waals surface area contributed by atoms with Gasteiger partial charge in [0.05, 0.1) is 11.4 Å². The number of nitrogens with zero attached hydrogens (tertiary/aromatic N) is 2. The van der Waals surface area contributed by atoms with Crippen molar-refractivity contribution in [1.82, 2.24) is 9.88 Å².